The number of halogens is 1. The molecule has 2 heteroatoms. The smallest absolute Gasteiger partial charge is 0.0408 e. The molecule has 1 nitrogen and oxygen atoms in total. The standard InChI is InChI=1S/C20H26ClN/c1-20(14-15-22(2)3,18-10-7-11-19(21)16-18)13-12-17-8-5-4-6-9-17/h4-11,16H,12-15H2,1-3H3. The van der Waals surface area contributed by atoms with E-state index < -0.39 is 0 Å². The molecule has 0 heterocycles. The Bertz CT molecular complexity index is 579. The Kier molecular flexibility index (Phi) is 6.05. The van der Waals surface area contributed by atoms with E-state index in [1.807, 2.05) is 6.07 Å². The third kappa shape index (κ3) is 4.86. The van der Waals surface area contributed by atoms with Crippen molar-refractivity contribution >= 4 is 11.6 Å². The van der Waals surface area contributed by atoms with Crippen LogP contribution in [0.3, 0.4) is 0 Å². The number of benzene rings is 2. The molecule has 0 aliphatic heterocycles. The van der Waals surface area contributed by atoms with Gasteiger partial charge >= 0.3 is 0 Å². The first-order valence-electron chi connectivity index (χ1n) is 7.94. The molecule has 0 saturated carbocycles. The van der Waals surface area contributed by atoms with E-state index in [0.717, 1.165) is 30.8 Å². The van der Waals surface area contributed by atoms with Crippen molar-refractivity contribution < 1.29 is 0 Å². The Morgan fingerprint density at radius 3 is 2.32 bits per heavy atom. The van der Waals surface area contributed by atoms with Crippen molar-refractivity contribution in [3.63, 3.8) is 0 Å². The van der Waals surface area contributed by atoms with Gasteiger partial charge in [0.15, 0.2) is 0 Å². The predicted molar refractivity (Wildman–Crippen MR) is 96.7 cm³/mol. The van der Waals surface area contributed by atoms with Crippen LogP contribution in [-0.4, -0.2) is 25.5 Å². The highest BCUT2D eigenvalue weighted by Crippen LogP contribution is 2.34. The minimum absolute atomic E-state index is 0.144. The van der Waals surface area contributed by atoms with Crippen molar-refractivity contribution in [1.82, 2.24) is 4.90 Å². The highest BCUT2D eigenvalue weighted by Gasteiger charge is 2.26. The second-order valence-corrected chi connectivity index (χ2v) is 7.05. The van der Waals surface area contributed by atoms with Crippen LogP contribution in [0.5, 0.6) is 0 Å². The van der Waals surface area contributed by atoms with Crippen molar-refractivity contribution in [3.05, 3.63) is 70.7 Å². The van der Waals surface area contributed by atoms with Crippen molar-refractivity contribution in [3.8, 4) is 0 Å². The third-order valence-corrected chi connectivity index (χ3v) is 4.68. The van der Waals surface area contributed by atoms with Crippen LogP contribution in [-0.2, 0) is 11.8 Å². The topological polar surface area (TPSA) is 3.24 Å². The molecule has 0 amide bonds. The van der Waals surface area contributed by atoms with Crippen LogP contribution >= 0.6 is 11.6 Å². The molecule has 118 valence electrons. The summed E-state index contributed by atoms with van der Waals surface area (Å²) in [6, 6.07) is 19.1. The molecule has 2 aromatic carbocycles. The summed E-state index contributed by atoms with van der Waals surface area (Å²) >= 11 is 6.22. The second-order valence-electron chi connectivity index (χ2n) is 6.61. The molecule has 0 bridgehead atoms. The van der Waals surface area contributed by atoms with Crippen LogP contribution in [0.4, 0.5) is 0 Å². The van der Waals surface area contributed by atoms with Gasteiger partial charge in [0, 0.05) is 5.02 Å². The first kappa shape index (κ1) is 17.1. The van der Waals surface area contributed by atoms with Gasteiger partial charge in [0.1, 0.15) is 0 Å². The Morgan fingerprint density at radius 2 is 1.68 bits per heavy atom. The van der Waals surface area contributed by atoms with E-state index in [4.69, 9.17) is 11.6 Å². The first-order chi connectivity index (χ1) is 10.5. The van der Waals surface area contributed by atoms with Crippen LogP contribution in [0, 0.1) is 0 Å². The van der Waals surface area contributed by atoms with Crippen LogP contribution in [0.2, 0.25) is 5.02 Å². The number of hydrogen-bond acceptors (Lipinski definition) is 1. The van der Waals surface area contributed by atoms with Crippen molar-refractivity contribution in [2.75, 3.05) is 20.6 Å². The minimum Gasteiger partial charge on any atom is -0.309 e. The molecule has 22 heavy (non-hydrogen) atoms. The summed E-state index contributed by atoms with van der Waals surface area (Å²) in [6.45, 7) is 3.45. The lowest BCUT2D eigenvalue weighted by molar-refractivity contribution is 0.315. The quantitative estimate of drug-likeness (QED) is 0.680. The number of aryl methyl sites for hydroxylation is 1. The molecule has 1 atom stereocenters. The largest absolute Gasteiger partial charge is 0.309 e. The first-order valence-corrected chi connectivity index (χ1v) is 8.32. The van der Waals surface area contributed by atoms with Crippen LogP contribution < -0.4 is 0 Å². The van der Waals surface area contributed by atoms with Gasteiger partial charge in [0.25, 0.3) is 0 Å². The van der Waals surface area contributed by atoms with Gasteiger partial charge < -0.3 is 4.90 Å². The number of rotatable bonds is 7. The maximum Gasteiger partial charge on any atom is 0.0408 e. The van der Waals surface area contributed by atoms with Gasteiger partial charge in [-0.1, -0.05) is 61.0 Å². The highest BCUT2D eigenvalue weighted by molar-refractivity contribution is 6.30. The average molecular weight is 316 g/mol. The number of nitrogens with zero attached hydrogens (tertiary/aromatic N) is 1. The maximum atomic E-state index is 6.22. The molecule has 0 aliphatic rings. The normalized spacial score (nSPS) is 14.0. The Morgan fingerprint density at radius 1 is 0.955 bits per heavy atom. The summed E-state index contributed by atoms with van der Waals surface area (Å²) in [5.74, 6) is 0. The predicted octanol–water partition coefficient (Wildman–Crippen LogP) is 5.18. The Hall–Kier alpha value is -1.31. The van der Waals surface area contributed by atoms with E-state index in [1.54, 1.807) is 0 Å². The van der Waals surface area contributed by atoms with Crippen LogP contribution in [0.1, 0.15) is 30.9 Å². The minimum atomic E-state index is 0.144. The summed E-state index contributed by atoms with van der Waals surface area (Å²) in [7, 11) is 4.27. The van der Waals surface area contributed by atoms with E-state index in [0.29, 0.717) is 0 Å². The van der Waals surface area contributed by atoms with E-state index in [9.17, 15) is 0 Å². The molecular formula is C20H26ClN. The fraction of sp³-hybridized carbons (Fsp3) is 0.400. The van der Waals surface area contributed by atoms with Crippen LogP contribution in [0.25, 0.3) is 0 Å². The van der Waals surface area contributed by atoms with Crippen molar-refractivity contribution in [2.24, 2.45) is 0 Å². The number of hydrogen-bond donors (Lipinski definition) is 0. The zero-order valence-corrected chi connectivity index (χ0v) is 14.6. The SMILES string of the molecule is CN(C)CCC(C)(CCc1ccccc1)c1cccc(Cl)c1. The van der Waals surface area contributed by atoms with E-state index >= 15 is 0 Å². The van der Waals surface area contributed by atoms with Crippen LogP contribution in [0.15, 0.2) is 54.6 Å². The zero-order valence-electron chi connectivity index (χ0n) is 13.8. The summed E-state index contributed by atoms with van der Waals surface area (Å²) in [5.41, 5.74) is 2.89. The monoisotopic (exact) mass is 315 g/mol. The lowest BCUT2D eigenvalue weighted by atomic mass is 9.75. The second kappa shape index (κ2) is 7.80. The fourth-order valence-corrected chi connectivity index (χ4v) is 3.00. The summed E-state index contributed by atoms with van der Waals surface area (Å²) in [5, 5.41) is 0.827. The van der Waals surface area contributed by atoms with Gasteiger partial charge in [-0.2, -0.15) is 0 Å². The third-order valence-electron chi connectivity index (χ3n) is 4.44. The van der Waals surface area contributed by atoms with Gasteiger partial charge in [0.05, 0.1) is 0 Å². The van der Waals surface area contributed by atoms with E-state index in [2.05, 4.69) is 74.4 Å². The fourth-order valence-electron chi connectivity index (χ4n) is 2.81. The molecule has 2 aromatic rings. The molecule has 0 fully saturated rings. The molecule has 0 aromatic heterocycles. The molecule has 2 rings (SSSR count). The van der Waals surface area contributed by atoms with Gasteiger partial charge in [-0.15, -0.1) is 0 Å². The maximum absolute atomic E-state index is 6.22. The summed E-state index contributed by atoms with van der Waals surface area (Å²) in [6.07, 6.45) is 3.36. The molecule has 0 aliphatic carbocycles. The lowest BCUT2D eigenvalue weighted by Crippen LogP contribution is -2.28. The summed E-state index contributed by atoms with van der Waals surface area (Å²) < 4.78 is 0. The zero-order chi connectivity index (χ0) is 16.0. The van der Waals surface area contributed by atoms with E-state index in [-0.39, 0.29) is 5.41 Å². The molecule has 0 saturated heterocycles. The average Bonchev–Trinajstić information content (AvgIpc) is 2.52. The Balaban J connectivity index is 2.17. The molecule has 1 unspecified atom stereocenters. The molecule has 0 N–H and O–H groups in total. The summed E-state index contributed by atoms with van der Waals surface area (Å²) in [4.78, 5) is 2.26. The van der Waals surface area contributed by atoms with Gasteiger partial charge in [0.2, 0.25) is 0 Å². The van der Waals surface area contributed by atoms with Crippen molar-refractivity contribution in [1.29, 1.82) is 0 Å². The highest BCUT2D eigenvalue weighted by atomic mass is 35.5. The van der Waals surface area contributed by atoms with Gasteiger partial charge in [-0.3, -0.25) is 0 Å². The Labute approximate surface area is 139 Å². The molecular weight excluding hydrogens is 290 g/mol. The molecule has 0 spiro atoms. The van der Waals surface area contributed by atoms with Crippen molar-refractivity contribution in [2.45, 2.75) is 31.6 Å². The lowest BCUT2D eigenvalue weighted by Gasteiger charge is -2.32. The molecule has 0 radical (unpaired) electrons. The van der Waals surface area contributed by atoms with E-state index in [1.165, 1.54) is 11.1 Å². The van der Waals surface area contributed by atoms with Gasteiger partial charge in [-0.05, 0) is 68.6 Å². The van der Waals surface area contributed by atoms with Gasteiger partial charge in [-0.25, -0.2) is 0 Å².